The smallest absolute Gasteiger partial charge is 0.120 e. The van der Waals surface area contributed by atoms with E-state index in [1.807, 2.05) is 6.07 Å². The number of hydrogen-bond acceptors (Lipinski definition) is 3. The minimum Gasteiger partial charge on any atom is -0.468 e. The quantitative estimate of drug-likeness (QED) is 0.771. The Morgan fingerprint density at radius 2 is 2.31 bits per heavy atom. The summed E-state index contributed by atoms with van der Waals surface area (Å²) in [6.07, 6.45) is 5.60. The summed E-state index contributed by atoms with van der Waals surface area (Å²) in [6.45, 7) is 4.88. The fourth-order valence-electron chi connectivity index (χ4n) is 2.04. The maximum Gasteiger partial charge on any atom is 0.120 e. The van der Waals surface area contributed by atoms with Crippen LogP contribution in [0.1, 0.15) is 30.6 Å². The van der Waals surface area contributed by atoms with Crippen LogP contribution in [0.4, 0.5) is 0 Å². The zero-order chi connectivity index (χ0) is 11.4. The van der Waals surface area contributed by atoms with Crippen LogP contribution in [-0.4, -0.2) is 20.3 Å². The van der Waals surface area contributed by atoms with Crippen molar-refractivity contribution in [2.45, 2.75) is 32.7 Å². The highest BCUT2D eigenvalue weighted by atomic mass is 16.5. The number of aryl methyl sites for hydroxylation is 1. The van der Waals surface area contributed by atoms with E-state index in [4.69, 9.17) is 9.15 Å². The minimum absolute atomic E-state index is 0.510. The van der Waals surface area contributed by atoms with E-state index in [2.05, 4.69) is 12.2 Å². The van der Waals surface area contributed by atoms with Gasteiger partial charge in [-0.3, -0.25) is 0 Å². The Hall–Kier alpha value is -0.800. The third kappa shape index (κ3) is 2.86. The van der Waals surface area contributed by atoms with Crippen molar-refractivity contribution in [3.63, 3.8) is 0 Å². The number of ether oxygens (including phenoxy) is 1. The van der Waals surface area contributed by atoms with Crippen LogP contribution in [0.15, 0.2) is 16.7 Å². The van der Waals surface area contributed by atoms with Gasteiger partial charge in [-0.1, -0.05) is 0 Å². The molecule has 1 N–H and O–H groups in total. The van der Waals surface area contributed by atoms with Gasteiger partial charge in [-0.2, -0.15) is 0 Å². The number of methoxy groups -OCH3 is 1. The van der Waals surface area contributed by atoms with Crippen molar-refractivity contribution in [1.29, 1.82) is 0 Å². The van der Waals surface area contributed by atoms with Crippen LogP contribution in [-0.2, 0) is 11.3 Å². The molecule has 0 aliphatic heterocycles. The molecule has 1 fully saturated rings. The van der Waals surface area contributed by atoms with E-state index in [1.165, 1.54) is 24.8 Å². The molecule has 0 aromatic carbocycles. The Kier molecular flexibility index (Phi) is 3.66. The lowest BCUT2D eigenvalue weighted by molar-refractivity contribution is 0.171. The second-order valence-corrected chi connectivity index (χ2v) is 4.87. The van der Waals surface area contributed by atoms with Crippen molar-refractivity contribution in [1.82, 2.24) is 5.32 Å². The lowest BCUT2D eigenvalue weighted by Gasteiger charge is -2.14. The van der Waals surface area contributed by atoms with Gasteiger partial charge in [0, 0.05) is 20.3 Å². The average molecular weight is 223 g/mol. The highest BCUT2D eigenvalue weighted by Gasteiger charge is 2.41. The first kappa shape index (κ1) is 11.7. The molecule has 90 valence electrons. The second kappa shape index (κ2) is 5.02. The van der Waals surface area contributed by atoms with Crippen LogP contribution < -0.4 is 5.32 Å². The van der Waals surface area contributed by atoms with E-state index >= 15 is 0 Å². The molecule has 16 heavy (non-hydrogen) atoms. The van der Waals surface area contributed by atoms with E-state index in [9.17, 15) is 0 Å². The van der Waals surface area contributed by atoms with Gasteiger partial charge in [0.25, 0.3) is 0 Å². The molecule has 1 aromatic heterocycles. The first-order chi connectivity index (χ1) is 7.76. The summed E-state index contributed by atoms with van der Waals surface area (Å²) >= 11 is 0. The molecule has 2 rings (SSSR count). The third-order valence-electron chi connectivity index (χ3n) is 3.55. The van der Waals surface area contributed by atoms with Gasteiger partial charge in [0.2, 0.25) is 0 Å². The predicted octanol–water partition coefficient (Wildman–Crippen LogP) is 2.49. The number of furan rings is 1. The molecule has 3 nitrogen and oxygen atoms in total. The predicted molar refractivity (Wildman–Crippen MR) is 63.3 cm³/mol. The van der Waals surface area contributed by atoms with Gasteiger partial charge >= 0.3 is 0 Å². The molecular formula is C13H21NO2. The van der Waals surface area contributed by atoms with E-state index < -0.39 is 0 Å². The van der Waals surface area contributed by atoms with Gasteiger partial charge in [-0.15, -0.1) is 0 Å². The molecule has 0 bridgehead atoms. The second-order valence-electron chi connectivity index (χ2n) is 4.87. The molecule has 0 radical (unpaired) electrons. The Morgan fingerprint density at radius 3 is 2.88 bits per heavy atom. The molecule has 1 aliphatic carbocycles. The van der Waals surface area contributed by atoms with Crippen LogP contribution in [0.25, 0.3) is 0 Å². The van der Waals surface area contributed by atoms with Crippen LogP contribution >= 0.6 is 0 Å². The highest BCUT2D eigenvalue weighted by molar-refractivity contribution is 5.14. The van der Waals surface area contributed by atoms with Gasteiger partial charge in [-0.05, 0) is 43.2 Å². The molecule has 1 heterocycles. The SMILES string of the molecule is COCCC1(CNCc2occc2C)CC1. The Bertz CT molecular complexity index is 328. The molecule has 0 atom stereocenters. The van der Waals surface area contributed by atoms with Gasteiger partial charge < -0.3 is 14.5 Å². The summed E-state index contributed by atoms with van der Waals surface area (Å²) in [7, 11) is 1.77. The number of hydrogen-bond donors (Lipinski definition) is 1. The van der Waals surface area contributed by atoms with E-state index in [-0.39, 0.29) is 0 Å². The maximum atomic E-state index is 5.39. The average Bonchev–Trinajstić information content (AvgIpc) is 2.94. The summed E-state index contributed by atoms with van der Waals surface area (Å²) in [4.78, 5) is 0. The lowest BCUT2D eigenvalue weighted by atomic mass is 10.0. The van der Waals surface area contributed by atoms with Crippen LogP contribution in [0.3, 0.4) is 0 Å². The Morgan fingerprint density at radius 1 is 1.50 bits per heavy atom. The summed E-state index contributed by atoms with van der Waals surface area (Å²) in [5.74, 6) is 1.06. The van der Waals surface area contributed by atoms with Crippen molar-refractivity contribution >= 4 is 0 Å². The molecule has 3 heteroatoms. The van der Waals surface area contributed by atoms with Crippen molar-refractivity contribution in [2.24, 2.45) is 5.41 Å². The molecule has 0 saturated heterocycles. The van der Waals surface area contributed by atoms with Crippen LogP contribution in [0.5, 0.6) is 0 Å². The third-order valence-corrected chi connectivity index (χ3v) is 3.55. The van der Waals surface area contributed by atoms with Crippen molar-refractivity contribution in [2.75, 3.05) is 20.3 Å². The fraction of sp³-hybridized carbons (Fsp3) is 0.692. The standard InChI is InChI=1S/C13H21NO2/c1-11-3-7-16-12(11)9-14-10-13(4-5-13)6-8-15-2/h3,7,14H,4-6,8-10H2,1-2H3. The zero-order valence-corrected chi connectivity index (χ0v) is 10.2. The van der Waals surface area contributed by atoms with E-state index in [0.717, 1.165) is 25.5 Å². The van der Waals surface area contributed by atoms with Crippen LogP contribution in [0, 0.1) is 12.3 Å². The number of nitrogens with one attached hydrogen (secondary N) is 1. The normalized spacial score (nSPS) is 17.6. The maximum absolute atomic E-state index is 5.39. The molecule has 0 amide bonds. The van der Waals surface area contributed by atoms with E-state index in [0.29, 0.717) is 5.41 Å². The molecule has 0 unspecified atom stereocenters. The molecule has 1 aliphatic rings. The Labute approximate surface area is 97.2 Å². The lowest BCUT2D eigenvalue weighted by Crippen LogP contribution is -2.24. The van der Waals surface area contributed by atoms with Crippen molar-refractivity contribution < 1.29 is 9.15 Å². The summed E-state index contributed by atoms with van der Waals surface area (Å²) in [5, 5.41) is 3.49. The molecular weight excluding hydrogens is 202 g/mol. The molecule has 1 aromatic rings. The largest absolute Gasteiger partial charge is 0.468 e. The minimum atomic E-state index is 0.510. The van der Waals surface area contributed by atoms with Gasteiger partial charge in [0.15, 0.2) is 0 Å². The first-order valence-corrected chi connectivity index (χ1v) is 5.98. The zero-order valence-electron chi connectivity index (χ0n) is 10.2. The topological polar surface area (TPSA) is 34.4 Å². The molecule has 0 spiro atoms. The summed E-state index contributed by atoms with van der Waals surface area (Å²) in [5.41, 5.74) is 1.74. The fourth-order valence-corrected chi connectivity index (χ4v) is 2.04. The Balaban J connectivity index is 1.70. The monoisotopic (exact) mass is 223 g/mol. The van der Waals surface area contributed by atoms with Crippen LogP contribution in [0.2, 0.25) is 0 Å². The highest BCUT2D eigenvalue weighted by Crippen LogP contribution is 2.48. The first-order valence-electron chi connectivity index (χ1n) is 5.98. The number of rotatable bonds is 7. The molecule has 1 saturated carbocycles. The van der Waals surface area contributed by atoms with Gasteiger partial charge in [0.05, 0.1) is 12.8 Å². The van der Waals surface area contributed by atoms with Gasteiger partial charge in [0.1, 0.15) is 5.76 Å². The summed E-state index contributed by atoms with van der Waals surface area (Å²) in [6, 6.07) is 2.01. The van der Waals surface area contributed by atoms with E-state index in [1.54, 1.807) is 13.4 Å². The van der Waals surface area contributed by atoms with Gasteiger partial charge in [-0.25, -0.2) is 0 Å². The van der Waals surface area contributed by atoms with Crippen molar-refractivity contribution in [3.8, 4) is 0 Å². The summed E-state index contributed by atoms with van der Waals surface area (Å²) < 4.78 is 10.5. The van der Waals surface area contributed by atoms with Crippen molar-refractivity contribution in [3.05, 3.63) is 23.7 Å².